The summed E-state index contributed by atoms with van der Waals surface area (Å²) in [5.74, 6) is 0.345. The Hall–Kier alpha value is -3.49. The number of carbonyl (C=O) groups excluding carboxylic acids is 3. The molecule has 2 aliphatic rings. The Bertz CT molecular complexity index is 1320. The van der Waals surface area contributed by atoms with Crippen molar-refractivity contribution in [2.45, 2.75) is 84.7 Å². The Morgan fingerprint density at radius 1 is 1.00 bits per heavy atom. The molecule has 258 valence electrons. The zero-order valence-electron chi connectivity index (χ0n) is 30.0. The van der Waals surface area contributed by atoms with E-state index in [1.165, 1.54) is 36.0 Å². The molecular weight excluding hydrogens is 586 g/mol. The van der Waals surface area contributed by atoms with E-state index in [1.54, 1.807) is 6.92 Å². The number of likely N-dealkylation sites (N-methyl/N-ethyl adjacent to an activating group) is 2. The number of hydrogen-bond acceptors (Lipinski definition) is 5. The summed E-state index contributed by atoms with van der Waals surface area (Å²) in [7, 11) is 6.18. The van der Waals surface area contributed by atoms with Crippen molar-refractivity contribution in [2.75, 3.05) is 52.6 Å². The second kappa shape index (κ2) is 18.7. The van der Waals surface area contributed by atoms with Crippen LogP contribution in [0.15, 0.2) is 60.7 Å². The molecule has 1 saturated heterocycles. The van der Waals surface area contributed by atoms with E-state index < -0.39 is 6.04 Å². The van der Waals surface area contributed by atoms with Crippen LogP contribution in [0.4, 0.5) is 5.69 Å². The van der Waals surface area contributed by atoms with Crippen molar-refractivity contribution < 1.29 is 14.4 Å². The van der Waals surface area contributed by atoms with Crippen molar-refractivity contribution >= 4 is 23.4 Å². The number of carbonyl (C=O) groups is 3. The van der Waals surface area contributed by atoms with E-state index in [-0.39, 0.29) is 29.7 Å². The largest absolute Gasteiger partial charge is 0.344 e. The molecule has 3 atom stereocenters. The third-order valence-electron chi connectivity index (χ3n) is 9.48. The standard InChI is InChI=1S/C33H46N4O3.C6H13N/c1-5-31(38)35-29(33(40)37-20-19-36(4)30(22-37)28-14-10-9-11-23(28)2)21-25-15-17-27(18-16-25)34-32(39)24(3)26-12-7-6-8-13-26;1-6(2)5-7(3)4/h9-11,14-18,24,26,29-30H,5-8,12-13,19-22H2,1-4H3,(H,34,39)(H,35,38);1,5H2,2-4H3/t24-,29?,30?;/m0./s1. The van der Waals surface area contributed by atoms with Crippen LogP contribution in [-0.4, -0.2) is 85.8 Å². The number of anilines is 1. The van der Waals surface area contributed by atoms with Gasteiger partial charge in [-0.25, -0.2) is 0 Å². The number of nitrogens with zero attached hydrogens (tertiary/aromatic N) is 3. The number of hydrogen-bond donors (Lipinski definition) is 2. The quantitative estimate of drug-likeness (QED) is 0.283. The summed E-state index contributed by atoms with van der Waals surface area (Å²) in [6.45, 7) is 14.7. The minimum Gasteiger partial charge on any atom is -0.344 e. The van der Waals surface area contributed by atoms with Crippen LogP contribution in [0.2, 0.25) is 0 Å². The molecule has 0 bridgehead atoms. The average molecular weight is 646 g/mol. The monoisotopic (exact) mass is 645 g/mol. The Kier molecular flexibility index (Phi) is 15.1. The predicted octanol–water partition coefficient (Wildman–Crippen LogP) is 6.23. The first-order valence-electron chi connectivity index (χ1n) is 17.4. The van der Waals surface area contributed by atoms with Gasteiger partial charge in [-0.1, -0.05) is 81.7 Å². The van der Waals surface area contributed by atoms with E-state index in [0.29, 0.717) is 31.8 Å². The molecule has 47 heavy (non-hydrogen) atoms. The van der Waals surface area contributed by atoms with Crippen molar-refractivity contribution in [3.8, 4) is 0 Å². The minimum atomic E-state index is -0.639. The van der Waals surface area contributed by atoms with Gasteiger partial charge >= 0.3 is 0 Å². The van der Waals surface area contributed by atoms with E-state index in [9.17, 15) is 14.4 Å². The summed E-state index contributed by atoms with van der Waals surface area (Å²) >= 11 is 0. The fourth-order valence-electron chi connectivity index (χ4n) is 6.69. The van der Waals surface area contributed by atoms with Crippen molar-refractivity contribution in [3.05, 3.63) is 77.4 Å². The molecule has 2 aromatic rings. The predicted molar refractivity (Wildman–Crippen MR) is 193 cm³/mol. The Morgan fingerprint density at radius 2 is 1.66 bits per heavy atom. The van der Waals surface area contributed by atoms with Gasteiger partial charge in [0.05, 0.1) is 6.04 Å². The highest BCUT2D eigenvalue weighted by Gasteiger charge is 2.33. The van der Waals surface area contributed by atoms with Crippen molar-refractivity contribution in [3.63, 3.8) is 0 Å². The first kappa shape index (κ1) is 38.0. The van der Waals surface area contributed by atoms with E-state index >= 15 is 0 Å². The van der Waals surface area contributed by atoms with Crippen LogP contribution in [-0.2, 0) is 20.8 Å². The summed E-state index contributed by atoms with van der Waals surface area (Å²) in [5.41, 5.74) is 5.36. The minimum absolute atomic E-state index is 0.00155. The highest BCUT2D eigenvalue weighted by molar-refractivity contribution is 5.92. The summed E-state index contributed by atoms with van der Waals surface area (Å²) < 4.78 is 0. The summed E-state index contributed by atoms with van der Waals surface area (Å²) in [4.78, 5) is 45.4. The second-order valence-corrected chi connectivity index (χ2v) is 13.9. The molecule has 1 saturated carbocycles. The third kappa shape index (κ3) is 11.9. The summed E-state index contributed by atoms with van der Waals surface area (Å²) in [6, 6.07) is 15.5. The molecular formula is C39H59N5O3. The van der Waals surface area contributed by atoms with Gasteiger partial charge in [-0.05, 0) is 82.6 Å². The molecule has 0 aromatic heterocycles. The number of rotatable bonds is 11. The maximum Gasteiger partial charge on any atom is 0.245 e. The zero-order valence-corrected chi connectivity index (χ0v) is 30.0. The van der Waals surface area contributed by atoms with Gasteiger partial charge in [0.2, 0.25) is 17.7 Å². The maximum atomic E-state index is 13.8. The number of aryl methyl sites for hydroxylation is 1. The molecule has 0 spiro atoms. The van der Waals surface area contributed by atoms with Crippen molar-refractivity contribution in [1.29, 1.82) is 0 Å². The van der Waals surface area contributed by atoms with E-state index in [2.05, 4.69) is 53.1 Å². The lowest BCUT2D eigenvalue weighted by Gasteiger charge is -2.41. The van der Waals surface area contributed by atoms with Gasteiger partial charge in [0, 0.05) is 50.6 Å². The molecule has 2 aromatic carbocycles. The third-order valence-corrected chi connectivity index (χ3v) is 9.48. The molecule has 2 unspecified atom stereocenters. The van der Waals surface area contributed by atoms with Crippen molar-refractivity contribution in [2.24, 2.45) is 11.8 Å². The van der Waals surface area contributed by atoms with E-state index in [1.807, 2.05) is 69.2 Å². The first-order chi connectivity index (χ1) is 22.4. The van der Waals surface area contributed by atoms with Gasteiger partial charge in [-0.3, -0.25) is 19.3 Å². The number of amides is 3. The lowest BCUT2D eigenvalue weighted by atomic mass is 9.80. The lowest BCUT2D eigenvalue weighted by molar-refractivity contribution is -0.138. The Balaban J connectivity index is 0.000000771. The highest BCUT2D eigenvalue weighted by atomic mass is 16.2. The SMILES string of the molecule is C=C(C)CN(C)C.CCC(=O)NC(Cc1ccc(NC(=O)[C@@H](C)C2CCCCC2)cc1)C(=O)N1CCN(C)C(c2ccccc2C)C1. The van der Waals surface area contributed by atoms with Crippen LogP contribution in [0.3, 0.4) is 0 Å². The van der Waals surface area contributed by atoms with Crippen LogP contribution in [0, 0.1) is 18.8 Å². The first-order valence-corrected chi connectivity index (χ1v) is 17.4. The van der Waals surface area contributed by atoms with Gasteiger partial charge in [0.15, 0.2) is 0 Å². The molecule has 3 amide bonds. The highest BCUT2D eigenvalue weighted by Crippen LogP contribution is 2.31. The van der Waals surface area contributed by atoms with E-state index in [0.717, 1.165) is 37.2 Å². The van der Waals surface area contributed by atoms with Crippen LogP contribution in [0.1, 0.15) is 82.0 Å². The molecule has 0 radical (unpaired) electrons. The van der Waals surface area contributed by atoms with Crippen LogP contribution < -0.4 is 10.6 Å². The summed E-state index contributed by atoms with van der Waals surface area (Å²) in [6.07, 6.45) is 6.69. The van der Waals surface area contributed by atoms with Gasteiger partial charge in [0.1, 0.15) is 6.04 Å². The lowest BCUT2D eigenvalue weighted by Crippen LogP contribution is -2.55. The van der Waals surface area contributed by atoms with Gasteiger partial charge in [-0.15, -0.1) is 0 Å². The van der Waals surface area contributed by atoms with Gasteiger partial charge < -0.3 is 20.4 Å². The smallest absolute Gasteiger partial charge is 0.245 e. The number of piperazine rings is 1. The molecule has 1 aliphatic heterocycles. The van der Waals surface area contributed by atoms with Crippen molar-refractivity contribution in [1.82, 2.24) is 20.0 Å². The molecule has 1 aliphatic carbocycles. The molecule has 2 N–H and O–H groups in total. The maximum absolute atomic E-state index is 13.8. The van der Waals surface area contributed by atoms with Gasteiger partial charge in [0.25, 0.3) is 0 Å². The molecule has 8 nitrogen and oxygen atoms in total. The summed E-state index contributed by atoms with van der Waals surface area (Å²) in [5, 5.41) is 6.05. The second-order valence-electron chi connectivity index (χ2n) is 13.9. The molecule has 4 rings (SSSR count). The van der Waals surface area contributed by atoms with E-state index in [4.69, 9.17) is 0 Å². The molecule has 8 heteroatoms. The topological polar surface area (TPSA) is 85.0 Å². The fourth-order valence-corrected chi connectivity index (χ4v) is 6.69. The van der Waals surface area contributed by atoms with Crippen LogP contribution in [0.25, 0.3) is 0 Å². The molecule has 2 fully saturated rings. The normalized spacial score (nSPS) is 18.5. The zero-order chi connectivity index (χ0) is 34.5. The Morgan fingerprint density at radius 3 is 2.23 bits per heavy atom. The fraction of sp³-hybridized carbons (Fsp3) is 0.564. The van der Waals surface area contributed by atoms with Crippen LogP contribution >= 0.6 is 0 Å². The number of nitrogens with one attached hydrogen (secondary N) is 2. The van der Waals surface area contributed by atoms with Crippen LogP contribution in [0.5, 0.6) is 0 Å². The average Bonchev–Trinajstić information content (AvgIpc) is 3.05. The number of benzene rings is 2. The van der Waals surface area contributed by atoms with Gasteiger partial charge in [-0.2, -0.15) is 0 Å². The Labute approximate surface area is 284 Å². The molecule has 1 heterocycles.